The maximum absolute atomic E-state index is 9.01. The molecule has 0 aromatic carbocycles. The maximum atomic E-state index is 9.01. The van der Waals surface area contributed by atoms with Gasteiger partial charge in [0.1, 0.15) is 11.6 Å². The molecule has 1 unspecified atom stereocenters. The summed E-state index contributed by atoms with van der Waals surface area (Å²) in [7, 11) is 0. The lowest BCUT2D eigenvalue weighted by atomic mass is 10.0. The first kappa shape index (κ1) is 13.7. The third-order valence-electron chi connectivity index (χ3n) is 2.57. The van der Waals surface area contributed by atoms with Crippen molar-refractivity contribution in [3.05, 3.63) is 12.4 Å². The summed E-state index contributed by atoms with van der Waals surface area (Å²) in [5.41, 5.74) is 0. The predicted molar refractivity (Wildman–Crippen MR) is 70.1 cm³/mol. The van der Waals surface area contributed by atoms with Crippen LogP contribution in [0, 0.1) is 5.92 Å². The molecule has 0 radical (unpaired) electrons. The highest BCUT2D eigenvalue weighted by Gasteiger charge is 2.13. The molecule has 0 bridgehead atoms. The molecule has 1 rings (SSSR count). The summed E-state index contributed by atoms with van der Waals surface area (Å²) >= 11 is 0. The standard InChI is InChI=1S/C12H22N4O/c1-4-14-11-7-13-8-12(16-11)15-10(5-6-17)9(2)3/h7-10,17H,4-6H2,1-3H3,(H2,14,15,16). The molecule has 17 heavy (non-hydrogen) atoms. The highest BCUT2D eigenvalue weighted by atomic mass is 16.3. The number of rotatable bonds is 7. The average Bonchev–Trinajstić information content (AvgIpc) is 2.29. The second-order valence-electron chi connectivity index (χ2n) is 4.33. The molecule has 96 valence electrons. The molecule has 3 N–H and O–H groups in total. The molecule has 5 nitrogen and oxygen atoms in total. The molecule has 1 atom stereocenters. The first-order valence-corrected chi connectivity index (χ1v) is 6.10. The maximum Gasteiger partial charge on any atom is 0.147 e. The molecular formula is C12H22N4O. The number of aromatic nitrogens is 2. The molecule has 0 aliphatic heterocycles. The molecule has 1 aromatic rings. The summed E-state index contributed by atoms with van der Waals surface area (Å²) in [5, 5.41) is 15.4. The summed E-state index contributed by atoms with van der Waals surface area (Å²) in [4.78, 5) is 8.53. The van der Waals surface area contributed by atoms with Crippen LogP contribution in [0.15, 0.2) is 12.4 Å². The Morgan fingerprint density at radius 3 is 2.59 bits per heavy atom. The van der Waals surface area contributed by atoms with E-state index in [1.54, 1.807) is 12.4 Å². The number of aliphatic hydroxyl groups excluding tert-OH is 1. The topological polar surface area (TPSA) is 70.1 Å². The van der Waals surface area contributed by atoms with Gasteiger partial charge < -0.3 is 15.7 Å². The van der Waals surface area contributed by atoms with Gasteiger partial charge in [-0.1, -0.05) is 13.8 Å². The summed E-state index contributed by atoms with van der Waals surface area (Å²) in [6.45, 7) is 7.26. The Labute approximate surface area is 103 Å². The van der Waals surface area contributed by atoms with Gasteiger partial charge in [0.15, 0.2) is 0 Å². The van der Waals surface area contributed by atoms with E-state index in [2.05, 4.69) is 34.4 Å². The van der Waals surface area contributed by atoms with Gasteiger partial charge in [-0.3, -0.25) is 4.98 Å². The number of hydrogen-bond acceptors (Lipinski definition) is 5. The Morgan fingerprint density at radius 1 is 1.29 bits per heavy atom. The molecular weight excluding hydrogens is 216 g/mol. The van der Waals surface area contributed by atoms with E-state index in [0.29, 0.717) is 12.3 Å². The second-order valence-corrected chi connectivity index (χ2v) is 4.33. The monoisotopic (exact) mass is 238 g/mol. The Hall–Kier alpha value is -1.36. The van der Waals surface area contributed by atoms with E-state index in [-0.39, 0.29) is 12.6 Å². The lowest BCUT2D eigenvalue weighted by molar-refractivity contribution is 0.267. The second kappa shape index (κ2) is 7.06. The van der Waals surface area contributed by atoms with Crippen LogP contribution < -0.4 is 10.6 Å². The highest BCUT2D eigenvalue weighted by Crippen LogP contribution is 2.14. The van der Waals surface area contributed by atoms with Crippen LogP contribution in [0.3, 0.4) is 0 Å². The number of aliphatic hydroxyl groups is 1. The van der Waals surface area contributed by atoms with E-state index < -0.39 is 0 Å². The Balaban J connectivity index is 2.68. The van der Waals surface area contributed by atoms with Crippen molar-refractivity contribution < 1.29 is 5.11 Å². The van der Waals surface area contributed by atoms with Crippen molar-refractivity contribution in [3.63, 3.8) is 0 Å². The molecule has 0 saturated heterocycles. The van der Waals surface area contributed by atoms with Crippen LogP contribution in [0.5, 0.6) is 0 Å². The SMILES string of the molecule is CCNc1cncc(NC(CCO)C(C)C)n1. The first-order chi connectivity index (χ1) is 8.17. The van der Waals surface area contributed by atoms with E-state index in [1.807, 2.05) is 6.92 Å². The molecule has 0 fully saturated rings. The molecule has 0 amide bonds. The fraction of sp³-hybridized carbons (Fsp3) is 0.667. The van der Waals surface area contributed by atoms with E-state index in [0.717, 1.165) is 18.2 Å². The minimum Gasteiger partial charge on any atom is -0.396 e. The molecule has 1 heterocycles. The van der Waals surface area contributed by atoms with Crippen LogP contribution in [0.2, 0.25) is 0 Å². The number of nitrogens with one attached hydrogen (secondary N) is 2. The van der Waals surface area contributed by atoms with E-state index >= 15 is 0 Å². The Bertz CT molecular complexity index is 330. The van der Waals surface area contributed by atoms with Crippen molar-refractivity contribution in [2.45, 2.75) is 33.2 Å². The molecule has 0 aliphatic rings. The van der Waals surface area contributed by atoms with Crippen molar-refractivity contribution in [3.8, 4) is 0 Å². The van der Waals surface area contributed by atoms with Gasteiger partial charge in [0.25, 0.3) is 0 Å². The van der Waals surface area contributed by atoms with Crippen molar-refractivity contribution in [2.24, 2.45) is 5.92 Å². The van der Waals surface area contributed by atoms with Gasteiger partial charge in [-0.15, -0.1) is 0 Å². The number of anilines is 2. The fourth-order valence-corrected chi connectivity index (χ4v) is 1.60. The van der Waals surface area contributed by atoms with E-state index in [1.165, 1.54) is 0 Å². The molecule has 0 saturated carbocycles. The fourth-order valence-electron chi connectivity index (χ4n) is 1.60. The quantitative estimate of drug-likeness (QED) is 0.675. The summed E-state index contributed by atoms with van der Waals surface area (Å²) < 4.78 is 0. The minimum atomic E-state index is 0.177. The van der Waals surface area contributed by atoms with Gasteiger partial charge in [0.05, 0.1) is 12.4 Å². The smallest absolute Gasteiger partial charge is 0.147 e. The third-order valence-corrected chi connectivity index (χ3v) is 2.57. The number of hydrogen-bond donors (Lipinski definition) is 3. The zero-order valence-electron chi connectivity index (χ0n) is 10.8. The van der Waals surface area contributed by atoms with Gasteiger partial charge >= 0.3 is 0 Å². The van der Waals surface area contributed by atoms with Crippen LogP contribution in [0.1, 0.15) is 27.2 Å². The van der Waals surface area contributed by atoms with E-state index in [9.17, 15) is 0 Å². The van der Waals surface area contributed by atoms with Crippen LogP contribution in [-0.2, 0) is 0 Å². The lowest BCUT2D eigenvalue weighted by Gasteiger charge is -2.22. The van der Waals surface area contributed by atoms with Gasteiger partial charge in [0, 0.05) is 19.2 Å². The first-order valence-electron chi connectivity index (χ1n) is 6.10. The third kappa shape index (κ3) is 4.56. The van der Waals surface area contributed by atoms with Crippen molar-refractivity contribution in [2.75, 3.05) is 23.8 Å². The molecule has 5 heteroatoms. The molecule has 0 spiro atoms. The normalized spacial score (nSPS) is 12.5. The van der Waals surface area contributed by atoms with Gasteiger partial charge in [-0.25, -0.2) is 4.98 Å². The van der Waals surface area contributed by atoms with Crippen molar-refractivity contribution in [1.29, 1.82) is 0 Å². The van der Waals surface area contributed by atoms with Gasteiger partial charge in [-0.2, -0.15) is 0 Å². The summed E-state index contributed by atoms with van der Waals surface area (Å²) in [5.74, 6) is 1.95. The van der Waals surface area contributed by atoms with Crippen molar-refractivity contribution in [1.82, 2.24) is 9.97 Å². The van der Waals surface area contributed by atoms with Crippen LogP contribution in [0.4, 0.5) is 11.6 Å². The van der Waals surface area contributed by atoms with Crippen molar-refractivity contribution >= 4 is 11.6 Å². The average molecular weight is 238 g/mol. The van der Waals surface area contributed by atoms with Crippen LogP contribution in [-0.4, -0.2) is 34.3 Å². The van der Waals surface area contributed by atoms with Gasteiger partial charge in [-0.05, 0) is 19.3 Å². The van der Waals surface area contributed by atoms with Gasteiger partial charge in [0.2, 0.25) is 0 Å². The minimum absolute atomic E-state index is 0.177. The summed E-state index contributed by atoms with van der Waals surface area (Å²) in [6, 6.07) is 0.214. The molecule has 0 aliphatic carbocycles. The Morgan fingerprint density at radius 2 is 2.00 bits per heavy atom. The lowest BCUT2D eigenvalue weighted by Crippen LogP contribution is -2.27. The zero-order valence-corrected chi connectivity index (χ0v) is 10.8. The molecule has 1 aromatic heterocycles. The summed E-state index contributed by atoms with van der Waals surface area (Å²) in [6.07, 6.45) is 4.11. The predicted octanol–water partition coefficient (Wildman–Crippen LogP) is 1.73. The largest absolute Gasteiger partial charge is 0.396 e. The Kier molecular flexibility index (Phi) is 5.69. The zero-order chi connectivity index (χ0) is 12.7. The van der Waals surface area contributed by atoms with Crippen LogP contribution >= 0.6 is 0 Å². The van der Waals surface area contributed by atoms with E-state index in [4.69, 9.17) is 5.11 Å². The highest BCUT2D eigenvalue weighted by molar-refractivity contribution is 5.42. The van der Waals surface area contributed by atoms with Crippen LogP contribution in [0.25, 0.3) is 0 Å². The number of nitrogens with zero attached hydrogens (tertiary/aromatic N) is 2.